The normalized spacial score (nSPS) is 18.8. The van der Waals surface area contributed by atoms with Gasteiger partial charge in [-0.1, -0.05) is 60.5 Å². The molecule has 2 unspecified atom stereocenters. The molecule has 0 radical (unpaired) electrons. The molecule has 0 bridgehead atoms. The molecule has 0 amide bonds. The van der Waals surface area contributed by atoms with Gasteiger partial charge in [0.1, 0.15) is 0 Å². The van der Waals surface area contributed by atoms with Gasteiger partial charge in [0.15, 0.2) is 11.2 Å². The summed E-state index contributed by atoms with van der Waals surface area (Å²) in [6, 6.07) is 17.4. The van der Waals surface area contributed by atoms with Gasteiger partial charge in [-0.25, -0.2) is 0 Å². The molecule has 0 aliphatic carbocycles. The predicted octanol–water partition coefficient (Wildman–Crippen LogP) is 6.09. The van der Waals surface area contributed by atoms with Crippen LogP contribution in [0.25, 0.3) is 21.7 Å². The molecule has 1 aromatic heterocycles. The topological polar surface area (TPSA) is 65.4 Å². The summed E-state index contributed by atoms with van der Waals surface area (Å²) in [5.74, 6) is -1.39. The van der Waals surface area contributed by atoms with Crippen molar-refractivity contribution in [3.8, 4) is 12.3 Å². The lowest BCUT2D eigenvalue weighted by molar-refractivity contribution is -0.154. The highest BCUT2D eigenvalue weighted by atomic mass is 19.4. The van der Waals surface area contributed by atoms with Crippen LogP contribution in [0.1, 0.15) is 45.5 Å². The van der Waals surface area contributed by atoms with Crippen LogP contribution in [0.15, 0.2) is 66.9 Å². The highest BCUT2D eigenvalue weighted by molar-refractivity contribution is 6.12. The number of carbonyl (C=O) groups excluding carboxylic acids is 3. The molecule has 0 N–H and O–H groups in total. The van der Waals surface area contributed by atoms with Crippen LogP contribution in [0.4, 0.5) is 13.2 Å². The maximum Gasteiger partial charge on any atom is 0.454 e. The van der Waals surface area contributed by atoms with Gasteiger partial charge in [-0.15, -0.1) is 6.42 Å². The van der Waals surface area contributed by atoms with Crippen molar-refractivity contribution in [1.82, 2.24) is 4.57 Å². The zero-order valence-corrected chi connectivity index (χ0v) is 20.3. The molecule has 2 heterocycles. The number of rotatable bonds is 6. The van der Waals surface area contributed by atoms with E-state index in [1.54, 1.807) is 25.1 Å². The molecule has 0 fully saturated rings. The monoisotopic (exact) mass is 517 g/mol. The van der Waals surface area contributed by atoms with Crippen LogP contribution in [-0.2, 0) is 16.1 Å². The SMILES string of the molecule is C#CC1(C(=O)OCC)Cn2cc(C(=O)C(F)(F)F)c3cccc(c32)C1CC(=O)c1ccc2ccccc2c1. The molecule has 38 heavy (non-hydrogen) atoms. The number of fused-ring (bicyclic) bond motifs is 1. The highest BCUT2D eigenvalue weighted by Gasteiger charge is 2.52. The van der Waals surface area contributed by atoms with Gasteiger partial charge in [0.05, 0.1) is 24.2 Å². The third-order valence-corrected chi connectivity index (χ3v) is 7.18. The van der Waals surface area contributed by atoms with Crippen LogP contribution in [0.3, 0.4) is 0 Å². The summed E-state index contributed by atoms with van der Waals surface area (Å²) in [4.78, 5) is 39.2. The molecular formula is C30H22F3NO4. The van der Waals surface area contributed by atoms with Crippen molar-refractivity contribution in [1.29, 1.82) is 0 Å². The van der Waals surface area contributed by atoms with E-state index in [-0.39, 0.29) is 30.7 Å². The zero-order valence-electron chi connectivity index (χ0n) is 20.3. The average molecular weight is 518 g/mol. The third-order valence-electron chi connectivity index (χ3n) is 7.18. The second kappa shape index (κ2) is 9.18. The first-order valence-corrected chi connectivity index (χ1v) is 12.0. The summed E-state index contributed by atoms with van der Waals surface area (Å²) >= 11 is 0. The molecule has 8 heteroatoms. The summed E-state index contributed by atoms with van der Waals surface area (Å²) < 4.78 is 46.8. The maximum atomic E-state index is 13.6. The second-order valence-corrected chi connectivity index (χ2v) is 9.32. The molecule has 0 spiro atoms. The van der Waals surface area contributed by atoms with Gasteiger partial charge in [0.25, 0.3) is 5.78 Å². The Morgan fingerprint density at radius 3 is 2.50 bits per heavy atom. The summed E-state index contributed by atoms with van der Waals surface area (Å²) in [5, 5.41) is 1.90. The lowest BCUT2D eigenvalue weighted by Gasteiger charge is -2.39. The minimum atomic E-state index is -5.08. The number of hydrogen-bond donors (Lipinski definition) is 0. The van der Waals surface area contributed by atoms with E-state index < -0.39 is 34.8 Å². The van der Waals surface area contributed by atoms with Crippen LogP contribution in [-0.4, -0.2) is 34.9 Å². The van der Waals surface area contributed by atoms with Crippen LogP contribution in [0.2, 0.25) is 0 Å². The zero-order chi connectivity index (χ0) is 27.2. The van der Waals surface area contributed by atoms with E-state index in [4.69, 9.17) is 11.2 Å². The molecule has 3 aromatic carbocycles. The van der Waals surface area contributed by atoms with Crippen molar-refractivity contribution in [2.75, 3.05) is 6.61 Å². The van der Waals surface area contributed by atoms with Gasteiger partial charge < -0.3 is 9.30 Å². The van der Waals surface area contributed by atoms with Gasteiger partial charge in [0.2, 0.25) is 0 Å². The van der Waals surface area contributed by atoms with Gasteiger partial charge >= 0.3 is 12.1 Å². The number of alkyl halides is 3. The van der Waals surface area contributed by atoms with E-state index in [2.05, 4.69) is 5.92 Å². The number of ether oxygens (including phenoxy) is 1. The third kappa shape index (κ3) is 3.95. The highest BCUT2D eigenvalue weighted by Crippen LogP contribution is 2.49. The molecule has 1 aliphatic rings. The van der Waals surface area contributed by atoms with Crippen LogP contribution < -0.4 is 0 Å². The van der Waals surface area contributed by atoms with E-state index in [1.165, 1.54) is 16.7 Å². The number of carbonyl (C=O) groups is 3. The molecule has 1 aliphatic heterocycles. The Morgan fingerprint density at radius 2 is 1.82 bits per heavy atom. The molecule has 4 aromatic rings. The lowest BCUT2D eigenvalue weighted by atomic mass is 9.67. The summed E-state index contributed by atoms with van der Waals surface area (Å²) in [6.45, 7) is 1.40. The Hall–Kier alpha value is -4.38. The Morgan fingerprint density at radius 1 is 1.08 bits per heavy atom. The van der Waals surface area contributed by atoms with Crippen molar-refractivity contribution >= 4 is 39.2 Å². The first-order chi connectivity index (χ1) is 18.1. The average Bonchev–Trinajstić information content (AvgIpc) is 3.27. The molecule has 0 saturated heterocycles. The number of benzene rings is 3. The number of halogens is 3. The minimum Gasteiger partial charge on any atom is -0.465 e. The Labute approximate surface area is 216 Å². The first kappa shape index (κ1) is 25.3. The number of Topliss-reactive ketones (excluding diaryl/α,β-unsaturated/α-hetero) is 2. The lowest BCUT2D eigenvalue weighted by Crippen LogP contribution is -2.44. The van der Waals surface area contributed by atoms with Crippen molar-refractivity contribution < 1.29 is 32.3 Å². The summed E-state index contributed by atoms with van der Waals surface area (Å²) in [5.41, 5.74) is -1.05. The summed E-state index contributed by atoms with van der Waals surface area (Å²) in [6.07, 6.45) is 1.76. The Kier molecular flexibility index (Phi) is 6.10. The predicted molar refractivity (Wildman–Crippen MR) is 136 cm³/mol. The van der Waals surface area contributed by atoms with Gasteiger partial charge in [-0.2, -0.15) is 13.2 Å². The standard InChI is InChI=1S/C30H22F3NO4/c1-3-29(28(37)38-4-2)17-34-16-23(27(36)30(31,32)33)21-10-7-11-22(26(21)34)24(29)15-25(35)20-13-12-18-8-5-6-9-19(18)14-20/h1,5-14,16,24H,4,15,17H2,2H3. The quantitative estimate of drug-likeness (QED) is 0.176. The van der Waals surface area contributed by atoms with E-state index in [9.17, 15) is 27.6 Å². The van der Waals surface area contributed by atoms with E-state index in [0.29, 0.717) is 16.6 Å². The van der Waals surface area contributed by atoms with E-state index in [1.807, 2.05) is 30.3 Å². The van der Waals surface area contributed by atoms with Crippen molar-refractivity contribution in [3.63, 3.8) is 0 Å². The fourth-order valence-electron chi connectivity index (χ4n) is 5.40. The summed E-state index contributed by atoms with van der Waals surface area (Å²) in [7, 11) is 0. The number of ketones is 2. The van der Waals surface area contributed by atoms with Crippen LogP contribution in [0, 0.1) is 17.8 Å². The fraction of sp³-hybridized carbons (Fsp3) is 0.233. The second-order valence-electron chi connectivity index (χ2n) is 9.32. The number of aromatic nitrogens is 1. The Balaban J connectivity index is 1.67. The first-order valence-electron chi connectivity index (χ1n) is 12.0. The molecule has 0 saturated carbocycles. The number of esters is 1. The Bertz CT molecular complexity index is 1660. The van der Waals surface area contributed by atoms with Crippen molar-refractivity contribution in [2.45, 2.75) is 32.0 Å². The number of para-hydroxylation sites is 1. The fourth-order valence-corrected chi connectivity index (χ4v) is 5.40. The molecular weight excluding hydrogens is 495 g/mol. The maximum absolute atomic E-state index is 13.6. The molecule has 5 rings (SSSR count). The van der Waals surface area contributed by atoms with E-state index >= 15 is 0 Å². The van der Waals surface area contributed by atoms with Gasteiger partial charge in [-0.3, -0.25) is 14.4 Å². The number of terminal acetylenes is 1. The molecule has 5 nitrogen and oxygen atoms in total. The van der Waals surface area contributed by atoms with Gasteiger partial charge in [0, 0.05) is 29.5 Å². The van der Waals surface area contributed by atoms with Crippen molar-refractivity contribution in [3.05, 3.63) is 83.6 Å². The smallest absolute Gasteiger partial charge is 0.454 e. The van der Waals surface area contributed by atoms with Crippen molar-refractivity contribution in [2.24, 2.45) is 5.41 Å². The molecule has 192 valence electrons. The van der Waals surface area contributed by atoms with Crippen LogP contribution in [0.5, 0.6) is 0 Å². The number of hydrogen-bond acceptors (Lipinski definition) is 4. The van der Waals surface area contributed by atoms with Crippen LogP contribution >= 0.6 is 0 Å². The minimum absolute atomic E-state index is 0.0220. The number of nitrogens with zero attached hydrogens (tertiary/aromatic N) is 1. The largest absolute Gasteiger partial charge is 0.465 e. The molecule has 2 atom stereocenters. The van der Waals surface area contributed by atoms with E-state index in [0.717, 1.165) is 17.0 Å². The van der Waals surface area contributed by atoms with Gasteiger partial charge in [-0.05, 0) is 29.3 Å².